The van der Waals surface area contributed by atoms with Crippen LogP contribution in [0.5, 0.6) is 0 Å². The topological polar surface area (TPSA) is 36.4 Å². The van der Waals surface area contributed by atoms with Crippen LogP contribution in [0.2, 0.25) is 0 Å². The van der Waals surface area contributed by atoms with Crippen LogP contribution in [-0.2, 0) is 6.18 Å². The lowest BCUT2D eigenvalue weighted by Gasteiger charge is -2.26. The maximum absolute atomic E-state index is 12.6. The largest absolute Gasteiger partial charge is 0.417 e. The summed E-state index contributed by atoms with van der Waals surface area (Å²) in [7, 11) is 0. The molecule has 0 N–H and O–H groups in total. The van der Waals surface area contributed by atoms with Gasteiger partial charge in [0.2, 0.25) is 0 Å². The fraction of sp³-hybridized carbons (Fsp3) is 0.625. The van der Waals surface area contributed by atoms with Crippen LogP contribution < -0.4 is 4.90 Å². The summed E-state index contributed by atoms with van der Waals surface area (Å²) in [6.45, 7) is 1.83. The molecule has 126 valence electrons. The summed E-state index contributed by atoms with van der Waals surface area (Å²) in [5, 5.41) is 0. The summed E-state index contributed by atoms with van der Waals surface area (Å²) in [6.07, 6.45) is 2.39. The molecule has 2 heterocycles. The van der Waals surface area contributed by atoms with Gasteiger partial charge in [-0.1, -0.05) is 19.3 Å². The molecule has 0 radical (unpaired) electrons. The van der Waals surface area contributed by atoms with E-state index in [9.17, 15) is 18.0 Å². The zero-order valence-corrected chi connectivity index (χ0v) is 12.9. The van der Waals surface area contributed by atoms with Gasteiger partial charge in [0.1, 0.15) is 5.82 Å². The Bertz CT molecular complexity index is 553. The first-order chi connectivity index (χ1) is 10.9. The van der Waals surface area contributed by atoms with Gasteiger partial charge in [0.05, 0.1) is 5.56 Å². The molecule has 0 spiro atoms. The number of hydrogen-bond donors (Lipinski definition) is 0. The van der Waals surface area contributed by atoms with Crippen molar-refractivity contribution in [2.24, 2.45) is 5.92 Å². The minimum absolute atomic E-state index is 0.150. The van der Waals surface area contributed by atoms with E-state index in [2.05, 4.69) is 4.98 Å². The number of anilines is 1. The third-order valence-corrected chi connectivity index (χ3v) is 4.65. The maximum Gasteiger partial charge on any atom is 0.417 e. The second-order valence-electron chi connectivity index (χ2n) is 6.29. The molecule has 1 aliphatic carbocycles. The molecule has 2 aliphatic rings. The molecule has 2 fully saturated rings. The third kappa shape index (κ3) is 3.59. The van der Waals surface area contributed by atoms with E-state index in [4.69, 9.17) is 0 Å². The molecule has 0 unspecified atom stereocenters. The Kier molecular flexibility index (Phi) is 4.46. The van der Waals surface area contributed by atoms with Crippen molar-refractivity contribution in [1.29, 1.82) is 0 Å². The number of urea groups is 1. The van der Waals surface area contributed by atoms with Gasteiger partial charge >= 0.3 is 12.2 Å². The molecule has 1 aliphatic heterocycles. The second kappa shape index (κ2) is 6.37. The Morgan fingerprint density at radius 2 is 1.87 bits per heavy atom. The van der Waals surface area contributed by atoms with Gasteiger partial charge in [0.15, 0.2) is 0 Å². The highest BCUT2D eigenvalue weighted by Crippen LogP contribution is 2.30. The van der Waals surface area contributed by atoms with Gasteiger partial charge in [-0.3, -0.25) is 4.90 Å². The van der Waals surface area contributed by atoms with Crippen LogP contribution in [-0.4, -0.2) is 35.5 Å². The maximum atomic E-state index is 12.6. The molecule has 23 heavy (non-hydrogen) atoms. The van der Waals surface area contributed by atoms with Crippen molar-refractivity contribution in [2.45, 2.75) is 38.3 Å². The van der Waals surface area contributed by atoms with E-state index >= 15 is 0 Å². The minimum Gasteiger partial charge on any atom is -0.322 e. The molecule has 0 atom stereocenters. The fourth-order valence-corrected chi connectivity index (χ4v) is 3.36. The third-order valence-electron chi connectivity index (χ3n) is 4.65. The Morgan fingerprint density at radius 3 is 2.48 bits per heavy atom. The minimum atomic E-state index is -4.41. The van der Waals surface area contributed by atoms with Crippen molar-refractivity contribution in [3.05, 3.63) is 23.9 Å². The van der Waals surface area contributed by atoms with Crippen LogP contribution in [0.3, 0.4) is 0 Å². The van der Waals surface area contributed by atoms with Gasteiger partial charge in [-0.25, -0.2) is 9.78 Å². The quantitative estimate of drug-likeness (QED) is 0.843. The zero-order valence-electron chi connectivity index (χ0n) is 12.9. The monoisotopic (exact) mass is 327 g/mol. The number of carbonyl (C=O) groups excluding carboxylic acids is 1. The van der Waals surface area contributed by atoms with Crippen molar-refractivity contribution in [1.82, 2.24) is 9.88 Å². The van der Waals surface area contributed by atoms with Crippen molar-refractivity contribution in [2.75, 3.05) is 24.5 Å². The normalized spacial score (nSPS) is 20.4. The SMILES string of the molecule is O=C1N(CC2CCCCC2)CCN1c1ccc(C(F)(F)F)cn1. The van der Waals surface area contributed by atoms with E-state index in [1.165, 1.54) is 30.2 Å². The van der Waals surface area contributed by atoms with Crippen LogP contribution >= 0.6 is 0 Å². The summed E-state index contributed by atoms with van der Waals surface area (Å²) in [5.41, 5.74) is -0.799. The first-order valence-corrected chi connectivity index (χ1v) is 8.05. The Hall–Kier alpha value is -1.79. The van der Waals surface area contributed by atoms with E-state index in [-0.39, 0.29) is 11.8 Å². The average Bonchev–Trinajstić information content (AvgIpc) is 2.89. The molecule has 1 saturated carbocycles. The van der Waals surface area contributed by atoms with Crippen molar-refractivity contribution < 1.29 is 18.0 Å². The summed E-state index contributed by atoms with van der Waals surface area (Å²) in [5.74, 6) is 0.836. The number of halogens is 3. The number of pyridine rings is 1. The van der Waals surface area contributed by atoms with Crippen molar-refractivity contribution in [3.8, 4) is 0 Å². The summed E-state index contributed by atoms with van der Waals surface area (Å²) in [4.78, 5) is 19.5. The number of hydrogen-bond acceptors (Lipinski definition) is 2. The van der Waals surface area contributed by atoms with Crippen LogP contribution in [0.4, 0.5) is 23.8 Å². The lowest BCUT2D eigenvalue weighted by atomic mass is 9.89. The molecule has 0 aromatic carbocycles. The highest BCUT2D eigenvalue weighted by Gasteiger charge is 2.34. The van der Waals surface area contributed by atoms with Crippen molar-refractivity contribution >= 4 is 11.8 Å². The number of carbonyl (C=O) groups is 1. The molecule has 4 nitrogen and oxygen atoms in total. The Morgan fingerprint density at radius 1 is 1.13 bits per heavy atom. The van der Waals surface area contributed by atoms with E-state index in [1.54, 1.807) is 4.90 Å². The summed E-state index contributed by atoms with van der Waals surface area (Å²) >= 11 is 0. The van der Waals surface area contributed by atoms with Gasteiger partial charge in [-0.15, -0.1) is 0 Å². The highest BCUT2D eigenvalue weighted by molar-refractivity contribution is 5.93. The Balaban J connectivity index is 1.64. The number of alkyl halides is 3. The molecule has 2 amide bonds. The van der Waals surface area contributed by atoms with Crippen LogP contribution in [0.15, 0.2) is 18.3 Å². The summed E-state index contributed by atoms with van der Waals surface area (Å²) in [6, 6.07) is 2.09. The van der Waals surface area contributed by atoms with Crippen molar-refractivity contribution in [3.63, 3.8) is 0 Å². The Labute approximate surface area is 133 Å². The van der Waals surface area contributed by atoms with E-state index < -0.39 is 11.7 Å². The molecule has 1 saturated heterocycles. The lowest BCUT2D eigenvalue weighted by Crippen LogP contribution is -2.35. The van der Waals surface area contributed by atoms with Crippen LogP contribution in [0.25, 0.3) is 0 Å². The number of rotatable bonds is 3. The van der Waals surface area contributed by atoms with Gasteiger partial charge in [0, 0.05) is 25.8 Å². The molecule has 3 rings (SSSR count). The molecule has 7 heteroatoms. The first kappa shape index (κ1) is 16.1. The van der Waals surface area contributed by atoms with E-state index in [0.717, 1.165) is 31.6 Å². The predicted molar refractivity (Wildman–Crippen MR) is 80.1 cm³/mol. The second-order valence-corrected chi connectivity index (χ2v) is 6.29. The van der Waals surface area contributed by atoms with E-state index in [0.29, 0.717) is 19.0 Å². The van der Waals surface area contributed by atoms with Crippen LogP contribution in [0, 0.1) is 5.92 Å². The predicted octanol–water partition coefficient (Wildman–Crippen LogP) is 3.92. The van der Waals surface area contributed by atoms with Gasteiger partial charge < -0.3 is 4.90 Å². The molecule has 0 bridgehead atoms. The van der Waals surface area contributed by atoms with Crippen LogP contribution in [0.1, 0.15) is 37.7 Å². The average molecular weight is 327 g/mol. The first-order valence-electron chi connectivity index (χ1n) is 8.05. The molecule has 1 aromatic rings. The fourth-order valence-electron chi connectivity index (χ4n) is 3.36. The molecular weight excluding hydrogens is 307 g/mol. The number of nitrogens with zero attached hydrogens (tertiary/aromatic N) is 3. The standard InChI is InChI=1S/C16H20F3N3O/c17-16(18,19)13-6-7-14(20-10-13)22-9-8-21(15(22)23)11-12-4-2-1-3-5-12/h6-7,10,12H,1-5,8-9,11H2. The van der Waals surface area contributed by atoms with E-state index in [1.807, 2.05) is 0 Å². The zero-order chi connectivity index (χ0) is 16.4. The highest BCUT2D eigenvalue weighted by atomic mass is 19.4. The molecular formula is C16H20F3N3O. The number of aromatic nitrogens is 1. The van der Waals surface area contributed by atoms with Gasteiger partial charge in [0.25, 0.3) is 0 Å². The lowest BCUT2D eigenvalue weighted by molar-refractivity contribution is -0.137. The smallest absolute Gasteiger partial charge is 0.322 e. The summed E-state index contributed by atoms with van der Waals surface area (Å²) < 4.78 is 37.7. The van der Waals surface area contributed by atoms with Gasteiger partial charge in [-0.2, -0.15) is 13.2 Å². The molecule has 1 aromatic heterocycles. The van der Waals surface area contributed by atoms with Gasteiger partial charge in [-0.05, 0) is 30.9 Å². The number of amides is 2.